The Bertz CT molecular complexity index is 561. The molecule has 0 aliphatic rings. The fraction of sp³-hybridized carbons (Fsp3) is 0.333. The second-order valence-corrected chi connectivity index (χ2v) is 5.44. The predicted molar refractivity (Wildman–Crippen MR) is 83.2 cm³/mol. The minimum absolute atomic E-state index is 0.704. The molecule has 1 N–H and O–H groups in total. The van der Waals surface area contributed by atoms with Crippen LogP contribution in [0.4, 0.5) is 5.69 Å². The van der Waals surface area contributed by atoms with E-state index in [1.165, 1.54) is 5.69 Å². The third-order valence-corrected chi connectivity index (χ3v) is 3.82. The van der Waals surface area contributed by atoms with Crippen molar-refractivity contribution in [2.75, 3.05) is 5.32 Å². The molecule has 0 atom stereocenters. The molecule has 4 heteroatoms. The first-order chi connectivity index (χ1) is 9.11. The molecular formula is C15H18Cl2N2. The molecule has 1 aromatic heterocycles. The van der Waals surface area contributed by atoms with Gasteiger partial charge in [0.25, 0.3) is 0 Å². The van der Waals surface area contributed by atoms with Crippen LogP contribution in [0, 0.1) is 6.92 Å². The van der Waals surface area contributed by atoms with Crippen LogP contribution in [0.25, 0.3) is 0 Å². The van der Waals surface area contributed by atoms with Gasteiger partial charge in [-0.05, 0) is 43.2 Å². The van der Waals surface area contributed by atoms with Crippen molar-refractivity contribution in [3.05, 3.63) is 51.8 Å². The number of halogens is 2. The lowest BCUT2D eigenvalue weighted by atomic mass is 10.2. The zero-order valence-corrected chi connectivity index (χ0v) is 12.7. The third-order valence-electron chi connectivity index (χ3n) is 3.10. The highest BCUT2D eigenvalue weighted by Gasteiger charge is 2.06. The van der Waals surface area contributed by atoms with Crippen LogP contribution < -0.4 is 5.32 Å². The molecule has 0 aliphatic carbocycles. The molecule has 1 aromatic carbocycles. The maximum Gasteiger partial charge on any atom is 0.0641 e. The van der Waals surface area contributed by atoms with E-state index >= 15 is 0 Å². The van der Waals surface area contributed by atoms with Crippen LogP contribution in [0.15, 0.2) is 30.5 Å². The van der Waals surface area contributed by atoms with E-state index in [2.05, 4.69) is 35.1 Å². The van der Waals surface area contributed by atoms with Crippen LogP contribution in [-0.2, 0) is 13.1 Å². The van der Waals surface area contributed by atoms with Crippen molar-refractivity contribution in [2.45, 2.75) is 33.4 Å². The maximum absolute atomic E-state index is 6.21. The van der Waals surface area contributed by atoms with Crippen molar-refractivity contribution >= 4 is 28.9 Å². The van der Waals surface area contributed by atoms with E-state index in [0.29, 0.717) is 5.02 Å². The van der Waals surface area contributed by atoms with Crippen molar-refractivity contribution in [1.82, 2.24) is 4.57 Å². The normalized spacial score (nSPS) is 10.7. The average molecular weight is 297 g/mol. The monoisotopic (exact) mass is 296 g/mol. The molecule has 0 fully saturated rings. The molecule has 1 heterocycles. The summed E-state index contributed by atoms with van der Waals surface area (Å²) in [5, 5.41) is 4.78. The van der Waals surface area contributed by atoms with Gasteiger partial charge in [-0.3, -0.25) is 0 Å². The Morgan fingerprint density at radius 2 is 2.00 bits per heavy atom. The van der Waals surface area contributed by atoms with Gasteiger partial charge in [0.15, 0.2) is 0 Å². The van der Waals surface area contributed by atoms with Gasteiger partial charge >= 0.3 is 0 Å². The summed E-state index contributed by atoms with van der Waals surface area (Å²) in [6.45, 7) is 5.90. The Kier molecular flexibility index (Phi) is 4.78. The molecule has 19 heavy (non-hydrogen) atoms. The van der Waals surface area contributed by atoms with Gasteiger partial charge in [0.1, 0.15) is 0 Å². The minimum Gasteiger partial charge on any atom is -0.378 e. The highest BCUT2D eigenvalue weighted by Crippen LogP contribution is 2.29. The van der Waals surface area contributed by atoms with Crippen molar-refractivity contribution in [1.29, 1.82) is 0 Å². The summed E-state index contributed by atoms with van der Waals surface area (Å²) in [7, 11) is 0. The van der Waals surface area contributed by atoms with Crippen molar-refractivity contribution in [2.24, 2.45) is 0 Å². The molecule has 0 saturated carbocycles. The number of hydrogen-bond donors (Lipinski definition) is 1. The standard InChI is InChI=1S/C15H18Cl2N2/c1-3-6-19-7-4-5-12(19)10-18-15-9-13(16)11(2)8-14(15)17/h4-5,7-9,18H,3,6,10H2,1-2H3. The fourth-order valence-electron chi connectivity index (χ4n) is 2.04. The molecular weight excluding hydrogens is 279 g/mol. The molecule has 2 aromatic rings. The number of aryl methyl sites for hydroxylation is 2. The van der Waals surface area contributed by atoms with Gasteiger partial charge in [-0.15, -0.1) is 0 Å². The molecule has 0 saturated heterocycles. The van der Waals surface area contributed by atoms with Crippen LogP contribution in [0.5, 0.6) is 0 Å². The summed E-state index contributed by atoms with van der Waals surface area (Å²) in [6.07, 6.45) is 3.23. The van der Waals surface area contributed by atoms with E-state index in [4.69, 9.17) is 23.2 Å². The molecule has 0 spiro atoms. The van der Waals surface area contributed by atoms with E-state index in [1.54, 1.807) is 0 Å². The van der Waals surface area contributed by atoms with Gasteiger partial charge in [-0.25, -0.2) is 0 Å². The third kappa shape index (κ3) is 3.46. The van der Waals surface area contributed by atoms with E-state index in [1.807, 2.05) is 19.1 Å². The van der Waals surface area contributed by atoms with Gasteiger partial charge in [0, 0.05) is 23.5 Å². The van der Waals surface area contributed by atoms with Gasteiger partial charge in [-0.2, -0.15) is 0 Å². The smallest absolute Gasteiger partial charge is 0.0641 e. The summed E-state index contributed by atoms with van der Waals surface area (Å²) >= 11 is 12.3. The van der Waals surface area contributed by atoms with Gasteiger partial charge < -0.3 is 9.88 Å². The van der Waals surface area contributed by atoms with Gasteiger partial charge in [0.2, 0.25) is 0 Å². The maximum atomic E-state index is 6.21. The van der Waals surface area contributed by atoms with Crippen LogP contribution in [0.1, 0.15) is 24.6 Å². The van der Waals surface area contributed by atoms with Crippen LogP contribution in [-0.4, -0.2) is 4.57 Å². The SMILES string of the molecule is CCCn1cccc1CNc1cc(Cl)c(C)cc1Cl. The van der Waals surface area contributed by atoms with Crippen molar-refractivity contribution in [3.8, 4) is 0 Å². The lowest BCUT2D eigenvalue weighted by Gasteiger charge is -2.12. The number of nitrogens with one attached hydrogen (secondary N) is 1. The van der Waals surface area contributed by atoms with Crippen LogP contribution >= 0.6 is 23.2 Å². The number of aromatic nitrogens is 1. The molecule has 0 unspecified atom stereocenters. The van der Waals surface area contributed by atoms with Crippen LogP contribution in [0.2, 0.25) is 10.0 Å². The first-order valence-electron chi connectivity index (χ1n) is 6.45. The molecule has 0 amide bonds. The first-order valence-corrected chi connectivity index (χ1v) is 7.21. The van der Waals surface area contributed by atoms with Gasteiger partial charge in [0.05, 0.1) is 17.3 Å². The summed E-state index contributed by atoms with van der Waals surface area (Å²) in [6, 6.07) is 7.95. The molecule has 0 aliphatic heterocycles. The second-order valence-electron chi connectivity index (χ2n) is 4.63. The fourth-order valence-corrected chi connectivity index (χ4v) is 2.49. The Labute approximate surface area is 124 Å². The summed E-state index contributed by atoms with van der Waals surface area (Å²) in [5.41, 5.74) is 3.11. The summed E-state index contributed by atoms with van der Waals surface area (Å²) in [5.74, 6) is 0. The van der Waals surface area contributed by atoms with Crippen LogP contribution in [0.3, 0.4) is 0 Å². The Morgan fingerprint density at radius 3 is 2.74 bits per heavy atom. The largest absolute Gasteiger partial charge is 0.378 e. The minimum atomic E-state index is 0.704. The molecule has 0 radical (unpaired) electrons. The Morgan fingerprint density at radius 1 is 1.21 bits per heavy atom. The Hall–Kier alpha value is -1.12. The van der Waals surface area contributed by atoms with Gasteiger partial charge in [-0.1, -0.05) is 30.1 Å². The molecule has 0 bridgehead atoms. The van der Waals surface area contributed by atoms with E-state index in [9.17, 15) is 0 Å². The number of benzene rings is 1. The van der Waals surface area contributed by atoms with E-state index in [-0.39, 0.29) is 0 Å². The quantitative estimate of drug-likeness (QED) is 0.810. The highest BCUT2D eigenvalue weighted by molar-refractivity contribution is 6.35. The molecule has 2 rings (SSSR count). The van der Waals surface area contributed by atoms with E-state index < -0.39 is 0 Å². The number of rotatable bonds is 5. The predicted octanol–water partition coefficient (Wildman–Crippen LogP) is 5.13. The average Bonchev–Trinajstić information content (AvgIpc) is 2.80. The molecule has 2 nitrogen and oxygen atoms in total. The van der Waals surface area contributed by atoms with Crippen molar-refractivity contribution < 1.29 is 0 Å². The van der Waals surface area contributed by atoms with Crippen molar-refractivity contribution in [3.63, 3.8) is 0 Å². The van der Waals surface area contributed by atoms with E-state index in [0.717, 1.165) is 35.8 Å². The zero-order chi connectivity index (χ0) is 13.8. The lowest BCUT2D eigenvalue weighted by Crippen LogP contribution is -2.07. The topological polar surface area (TPSA) is 17.0 Å². The second kappa shape index (κ2) is 6.36. The highest BCUT2D eigenvalue weighted by atomic mass is 35.5. The summed E-state index contributed by atoms with van der Waals surface area (Å²) < 4.78 is 2.25. The lowest BCUT2D eigenvalue weighted by molar-refractivity contribution is 0.654. The Balaban J connectivity index is 2.10. The summed E-state index contributed by atoms with van der Waals surface area (Å²) in [4.78, 5) is 0. The molecule has 102 valence electrons. The number of hydrogen-bond acceptors (Lipinski definition) is 1. The number of anilines is 1. The first kappa shape index (κ1) is 14.3. The number of nitrogens with zero attached hydrogens (tertiary/aromatic N) is 1. The zero-order valence-electron chi connectivity index (χ0n) is 11.2.